The Morgan fingerprint density at radius 2 is 1.85 bits per heavy atom. The number of benzene rings is 2. The third-order valence-corrected chi connectivity index (χ3v) is 4.98. The van der Waals surface area contributed by atoms with Crippen molar-refractivity contribution in [1.82, 2.24) is 4.90 Å². The SMILES string of the molecule is Cc1c(C(=O)N(Cc2ccc(C(C)C)cc2)C2CC2)cccc1[N+](=O)[O-]. The topological polar surface area (TPSA) is 63.5 Å². The number of nitrogens with zero attached hydrogens (tertiary/aromatic N) is 2. The van der Waals surface area contributed by atoms with Gasteiger partial charge in [0.05, 0.1) is 4.92 Å². The Kier molecular flexibility index (Phi) is 5.07. The predicted molar refractivity (Wildman–Crippen MR) is 101 cm³/mol. The van der Waals surface area contributed by atoms with Crippen molar-refractivity contribution in [2.75, 3.05) is 0 Å². The zero-order valence-corrected chi connectivity index (χ0v) is 15.4. The second kappa shape index (κ2) is 7.28. The molecule has 0 heterocycles. The number of hydrogen-bond acceptors (Lipinski definition) is 3. The van der Waals surface area contributed by atoms with E-state index in [2.05, 4.69) is 38.1 Å². The quantitative estimate of drug-likeness (QED) is 0.552. The van der Waals surface area contributed by atoms with Gasteiger partial charge in [-0.05, 0) is 42.9 Å². The molecule has 1 amide bonds. The molecule has 0 saturated heterocycles. The second-order valence-corrected chi connectivity index (χ2v) is 7.27. The first kappa shape index (κ1) is 18.1. The lowest BCUT2D eigenvalue weighted by atomic mass is 10.0. The smallest absolute Gasteiger partial charge is 0.273 e. The van der Waals surface area contributed by atoms with Crippen LogP contribution >= 0.6 is 0 Å². The maximum Gasteiger partial charge on any atom is 0.273 e. The van der Waals surface area contributed by atoms with Crippen molar-refractivity contribution in [2.45, 2.75) is 52.1 Å². The Hall–Kier alpha value is -2.69. The number of amides is 1. The normalized spacial score (nSPS) is 13.7. The van der Waals surface area contributed by atoms with E-state index in [0.29, 0.717) is 23.6 Å². The molecule has 0 bridgehead atoms. The second-order valence-electron chi connectivity index (χ2n) is 7.27. The van der Waals surface area contributed by atoms with Gasteiger partial charge in [0.15, 0.2) is 0 Å². The van der Waals surface area contributed by atoms with Gasteiger partial charge in [-0.1, -0.05) is 44.2 Å². The molecule has 136 valence electrons. The lowest BCUT2D eigenvalue weighted by Crippen LogP contribution is -2.33. The third kappa shape index (κ3) is 3.77. The minimum atomic E-state index is -0.432. The van der Waals surface area contributed by atoms with E-state index in [-0.39, 0.29) is 17.6 Å². The number of nitro groups is 1. The highest BCUT2D eigenvalue weighted by Gasteiger charge is 2.34. The Morgan fingerprint density at radius 3 is 2.38 bits per heavy atom. The lowest BCUT2D eigenvalue weighted by Gasteiger charge is -2.23. The van der Waals surface area contributed by atoms with Gasteiger partial charge in [0, 0.05) is 29.8 Å². The molecule has 1 aliphatic rings. The van der Waals surface area contributed by atoms with Crippen molar-refractivity contribution in [3.63, 3.8) is 0 Å². The Balaban J connectivity index is 1.85. The molecule has 0 aromatic heterocycles. The average molecular weight is 352 g/mol. The summed E-state index contributed by atoms with van der Waals surface area (Å²) in [6.45, 7) is 6.48. The van der Waals surface area contributed by atoms with Gasteiger partial charge >= 0.3 is 0 Å². The molecule has 3 rings (SSSR count). The van der Waals surface area contributed by atoms with Crippen LogP contribution in [0.1, 0.15) is 59.7 Å². The van der Waals surface area contributed by atoms with Crippen molar-refractivity contribution >= 4 is 11.6 Å². The Bertz CT molecular complexity index is 824. The van der Waals surface area contributed by atoms with Crippen LogP contribution in [0.15, 0.2) is 42.5 Å². The first-order valence-electron chi connectivity index (χ1n) is 9.02. The van der Waals surface area contributed by atoms with Crippen molar-refractivity contribution in [2.24, 2.45) is 0 Å². The van der Waals surface area contributed by atoms with E-state index in [9.17, 15) is 14.9 Å². The number of hydrogen-bond donors (Lipinski definition) is 0. The van der Waals surface area contributed by atoms with Crippen LogP contribution in [0.5, 0.6) is 0 Å². The van der Waals surface area contributed by atoms with Crippen molar-refractivity contribution < 1.29 is 9.72 Å². The number of rotatable bonds is 6. The molecule has 5 nitrogen and oxygen atoms in total. The van der Waals surface area contributed by atoms with Crippen LogP contribution in [-0.4, -0.2) is 21.8 Å². The fourth-order valence-electron chi connectivity index (χ4n) is 3.17. The third-order valence-electron chi connectivity index (χ3n) is 4.98. The highest BCUT2D eigenvalue weighted by atomic mass is 16.6. The summed E-state index contributed by atoms with van der Waals surface area (Å²) in [5.74, 6) is 0.347. The molecular formula is C21H24N2O3. The largest absolute Gasteiger partial charge is 0.331 e. The van der Waals surface area contributed by atoms with Crippen molar-refractivity contribution in [3.8, 4) is 0 Å². The van der Waals surface area contributed by atoms with Crippen LogP contribution < -0.4 is 0 Å². The van der Waals surface area contributed by atoms with Gasteiger partial charge in [0.1, 0.15) is 0 Å². The van der Waals surface area contributed by atoms with E-state index in [0.717, 1.165) is 18.4 Å². The van der Waals surface area contributed by atoms with Gasteiger partial charge in [-0.2, -0.15) is 0 Å². The van der Waals surface area contributed by atoms with Gasteiger partial charge in [-0.15, -0.1) is 0 Å². The monoisotopic (exact) mass is 352 g/mol. The zero-order valence-electron chi connectivity index (χ0n) is 15.4. The summed E-state index contributed by atoms with van der Waals surface area (Å²) in [4.78, 5) is 25.7. The molecule has 0 unspecified atom stereocenters. The van der Waals surface area contributed by atoms with Gasteiger partial charge < -0.3 is 4.90 Å². The van der Waals surface area contributed by atoms with Crippen LogP contribution in [0.3, 0.4) is 0 Å². The van der Waals surface area contributed by atoms with E-state index < -0.39 is 4.92 Å². The first-order valence-corrected chi connectivity index (χ1v) is 9.02. The lowest BCUT2D eigenvalue weighted by molar-refractivity contribution is -0.385. The van der Waals surface area contributed by atoms with Gasteiger partial charge in [0.2, 0.25) is 0 Å². The summed E-state index contributed by atoms with van der Waals surface area (Å²) in [7, 11) is 0. The molecular weight excluding hydrogens is 328 g/mol. The fraction of sp³-hybridized carbons (Fsp3) is 0.381. The van der Waals surface area contributed by atoms with Crippen molar-refractivity contribution in [1.29, 1.82) is 0 Å². The zero-order chi connectivity index (χ0) is 18.8. The van der Waals surface area contributed by atoms with Gasteiger partial charge in [0.25, 0.3) is 11.6 Å². The maximum atomic E-state index is 13.1. The van der Waals surface area contributed by atoms with E-state index in [4.69, 9.17) is 0 Å². The molecule has 1 aliphatic carbocycles. The number of carbonyl (C=O) groups is 1. The standard InChI is InChI=1S/C21H24N2O3/c1-14(2)17-9-7-16(8-10-17)13-22(18-11-12-18)21(24)19-5-4-6-20(15(19)3)23(25)26/h4-10,14,18H,11-13H2,1-3H3. The molecule has 0 radical (unpaired) electrons. The Labute approximate surface area is 153 Å². The molecule has 5 heteroatoms. The minimum absolute atomic E-state index is 0.00659. The molecule has 26 heavy (non-hydrogen) atoms. The van der Waals surface area contributed by atoms with Gasteiger partial charge in [-0.3, -0.25) is 14.9 Å². The van der Waals surface area contributed by atoms with E-state index in [1.807, 2.05) is 4.90 Å². The van der Waals surface area contributed by atoms with Gasteiger partial charge in [-0.25, -0.2) is 0 Å². The van der Waals surface area contributed by atoms with E-state index in [1.165, 1.54) is 11.6 Å². The minimum Gasteiger partial charge on any atom is -0.331 e. The fourth-order valence-corrected chi connectivity index (χ4v) is 3.17. The summed E-state index contributed by atoms with van der Waals surface area (Å²) in [6.07, 6.45) is 1.98. The van der Waals surface area contributed by atoms with Crippen LogP contribution in [0, 0.1) is 17.0 Å². The van der Waals surface area contributed by atoms with E-state index in [1.54, 1.807) is 19.1 Å². The molecule has 0 aliphatic heterocycles. The molecule has 1 saturated carbocycles. The molecule has 0 atom stereocenters. The summed E-state index contributed by atoms with van der Waals surface area (Å²) >= 11 is 0. The highest BCUT2D eigenvalue weighted by molar-refractivity contribution is 5.97. The predicted octanol–water partition coefficient (Wildman–Crippen LogP) is 4.83. The number of carbonyl (C=O) groups excluding carboxylic acids is 1. The first-order chi connectivity index (χ1) is 12.4. The highest BCUT2D eigenvalue weighted by Crippen LogP contribution is 2.32. The molecule has 1 fully saturated rings. The van der Waals surface area contributed by atoms with Crippen LogP contribution in [0.2, 0.25) is 0 Å². The van der Waals surface area contributed by atoms with E-state index >= 15 is 0 Å². The summed E-state index contributed by atoms with van der Waals surface area (Å²) in [5, 5.41) is 11.2. The Morgan fingerprint density at radius 1 is 1.19 bits per heavy atom. The molecule has 0 spiro atoms. The van der Waals surface area contributed by atoms with Crippen LogP contribution in [0.4, 0.5) is 5.69 Å². The van der Waals surface area contributed by atoms with Crippen LogP contribution in [-0.2, 0) is 6.54 Å². The van der Waals surface area contributed by atoms with Crippen molar-refractivity contribution in [3.05, 3.63) is 74.8 Å². The number of nitro benzene ring substituents is 1. The molecule has 0 N–H and O–H groups in total. The average Bonchev–Trinajstić information content (AvgIpc) is 3.44. The van der Waals surface area contributed by atoms with Crippen LogP contribution in [0.25, 0.3) is 0 Å². The maximum absolute atomic E-state index is 13.1. The summed E-state index contributed by atoms with van der Waals surface area (Å²) in [5.41, 5.74) is 3.20. The molecule has 2 aromatic rings. The molecule has 2 aromatic carbocycles. The summed E-state index contributed by atoms with van der Waals surface area (Å²) < 4.78 is 0. The summed E-state index contributed by atoms with van der Waals surface area (Å²) in [6, 6.07) is 13.3.